The first kappa shape index (κ1) is 31.6. The SMILES string of the molecule is CON(POc1ccc(-c2ccccc2)cc1)P(N=POc1ccc(-c2ccccc2)cc1)Oc1ccc(-c2ccccc2)cc1. The lowest BCUT2D eigenvalue weighted by Gasteiger charge is -2.23. The van der Waals surface area contributed by atoms with Gasteiger partial charge in [0.05, 0.1) is 7.11 Å². The van der Waals surface area contributed by atoms with Gasteiger partial charge in [-0.3, -0.25) is 4.84 Å². The van der Waals surface area contributed by atoms with Crippen molar-refractivity contribution in [2.24, 2.45) is 4.52 Å². The van der Waals surface area contributed by atoms with Crippen LogP contribution in [0, 0.1) is 0 Å². The minimum atomic E-state index is -1.66. The normalized spacial score (nSPS) is 12.0. The molecule has 6 nitrogen and oxygen atoms in total. The van der Waals surface area contributed by atoms with Gasteiger partial charge in [0.1, 0.15) is 17.2 Å². The third-order valence-electron chi connectivity index (χ3n) is 6.90. The molecule has 0 aliphatic carbocycles. The molecule has 228 valence electrons. The van der Waals surface area contributed by atoms with Crippen LogP contribution in [0.4, 0.5) is 0 Å². The zero-order valence-corrected chi connectivity index (χ0v) is 27.8. The van der Waals surface area contributed by atoms with Crippen LogP contribution in [0.5, 0.6) is 17.2 Å². The Balaban J connectivity index is 1.15. The molecule has 2 atom stereocenters. The number of rotatable bonds is 13. The summed E-state index contributed by atoms with van der Waals surface area (Å²) in [5, 5.41) is 0. The van der Waals surface area contributed by atoms with Gasteiger partial charge < -0.3 is 13.6 Å². The lowest BCUT2D eigenvalue weighted by Crippen LogP contribution is -2.09. The third-order valence-corrected chi connectivity index (χ3v) is 10.4. The molecule has 46 heavy (non-hydrogen) atoms. The fourth-order valence-corrected chi connectivity index (χ4v) is 7.39. The van der Waals surface area contributed by atoms with Crippen LogP contribution >= 0.6 is 26.0 Å². The van der Waals surface area contributed by atoms with Crippen LogP contribution in [0.15, 0.2) is 168 Å². The van der Waals surface area contributed by atoms with Gasteiger partial charge in [0.25, 0.3) is 8.60 Å². The Morgan fingerprint density at radius 1 is 0.500 bits per heavy atom. The van der Waals surface area contributed by atoms with E-state index in [9.17, 15) is 0 Å². The van der Waals surface area contributed by atoms with Crippen molar-refractivity contribution in [1.29, 1.82) is 0 Å². The van der Waals surface area contributed by atoms with E-state index in [0.717, 1.165) is 39.1 Å². The number of hydrogen-bond donors (Lipinski definition) is 0. The summed E-state index contributed by atoms with van der Waals surface area (Å²) in [6.45, 7) is 0. The number of nitrogens with zero attached hydrogens (tertiary/aromatic N) is 2. The first-order chi connectivity index (χ1) is 22.7. The molecular formula is C37H31N2O4P3. The average Bonchev–Trinajstić information content (AvgIpc) is 3.14. The molecule has 0 spiro atoms. The molecule has 6 rings (SSSR count). The summed E-state index contributed by atoms with van der Waals surface area (Å²) < 4.78 is 24.8. The topological polar surface area (TPSA) is 52.5 Å². The third kappa shape index (κ3) is 8.65. The minimum absolute atomic E-state index is 0.208. The predicted molar refractivity (Wildman–Crippen MR) is 191 cm³/mol. The minimum Gasteiger partial charge on any atom is -0.458 e. The van der Waals surface area contributed by atoms with Gasteiger partial charge in [0, 0.05) is 0 Å². The second-order valence-corrected chi connectivity index (χ2v) is 13.2. The van der Waals surface area contributed by atoms with Crippen LogP contribution in [-0.2, 0) is 4.84 Å². The van der Waals surface area contributed by atoms with Crippen molar-refractivity contribution < 1.29 is 18.4 Å². The summed E-state index contributed by atoms with van der Waals surface area (Å²) in [6, 6.07) is 54.6. The van der Waals surface area contributed by atoms with E-state index in [0.29, 0.717) is 20.1 Å². The van der Waals surface area contributed by atoms with Crippen molar-refractivity contribution in [1.82, 2.24) is 4.60 Å². The van der Waals surface area contributed by atoms with E-state index >= 15 is 0 Å². The monoisotopic (exact) mass is 660 g/mol. The Bertz CT molecular complexity index is 1810. The largest absolute Gasteiger partial charge is 0.458 e. The Morgan fingerprint density at radius 2 is 0.891 bits per heavy atom. The van der Waals surface area contributed by atoms with Crippen LogP contribution in [0.2, 0.25) is 0 Å². The van der Waals surface area contributed by atoms with Crippen LogP contribution in [-0.4, -0.2) is 11.7 Å². The van der Waals surface area contributed by atoms with Crippen molar-refractivity contribution >= 4 is 26.0 Å². The highest BCUT2D eigenvalue weighted by molar-refractivity contribution is 7.60. The van der Waals surface area contributed by atoms with Crippen LogP contribution < -0.4 is 13.6 Å². The first-order valence-corrected chi connectivity index (χ1v) is 17.3. The lowest BCUT2D eigenvalue weighted by molar-refractivity contribution is 0.0281. The van der Waals surface area contributed by atoms with Crippen molar-refractivity contribution in [2.75, 3.05) is 7.11 Å². The van der Waals surface area contributed by atoms with Crippen molar-refractivity contribution in [2.45, 2.75) is 0 Å². The highest BCUT2D eigenvalue weighted by Gasteiger charge is 2.24. The molecule has 0 amide bonds. The van der Waals surface area contributed by atoms with Gasteiger partial charge in [-0.2, -0.15) is 0 Å². The molecule has 0 saturated carbocycles. The van der Waals surface area contributed by atoms with Gasteiger partial charge in [-0.25, -0.2) is 0 Å². The Morgan fingerprint density at radius 3 is 1.33 bits per heavy atom. The fourth-order valence-electron chi connectivity index (χ4n) is 4.54. The van der Waals surface area contributed by atoms with E-state index in [1.54, 1.807) is 11.7 Å². The van der Waals surface area contributed by atoms with Crippen molar-refractivity contribution in [3.05, 3.63) is 164 Å². The quantitative estimate of drug-likeness (QED) is 0.0911. The smallest absolute Gasteiger partial charge is 0.337 e. The number of hydrogen-bond acceptors (Lipinski definition) is 6. The van der Waals surface area contributed by atoms with Crippen LogP contribution in [0.3, 0.4) is 0 Å². The maximum Gasteiger partial charge on any atom is 0.337 e. The van der Waals surface area contributed by atoms with Crippen molar-refractivity contribution in [3.8, 4) is 50.6 Å². The van der Waals surface area contributed by atoms with Gasteiger partial charge in [0.15, 0.2) is 8.96 Å². The molecule has 0 aliphatic rings. The van der Waals surface area contributed by atoms with E-state index in [2.05, 4.69) is 36.4 Å². The second-order valence-electron chi connectivity index (χ2n) is 9.93. The molecule has 0 heterocycles. The molecule has 0 saturated heterocycles. The summed E-state index contributed by atoms with van der Waals surface area (Å²) in [4.78, 5) is 5.73. The molecule has 0 bridgehead atoms. The van der Waals surface area contributed by atoms with Crippen molar-refractivity contribution in [3.63, 3.8) is 0 Å². The van der Waals surface area contributed by atoms with Gasteiger partial charge in [-0.15, -0.1) is 4.52 Å². The highest BCUT2D eigenvalue weighted by atomic mass is 31.2. The maximum atomic E-state index is 6.38. The lowest BCUT2D eigenvalue weighted by atomic mass is 10.1. The summed E-state index contributed by atoms with van der Waals surface area (Å²) >= 11 is 0. The molecule has 0 aromatic heterocycles. The standard InChI is InChI=1S/C37H31N2O4P3/c1-40-39(45-42-36-25-19-33(20-26-36)30-13-7-3-8-14-30)46(43-37-27-21-34(22-28-37)31-15-9-4-10-16-31)38-44-41-35-23-17-32(18-24-35)29-11-5-2-6-12-29/h2-28,45H,1H3. The van der Waals surface area contributed by atoms with E-state index < -0.39 is 8.45 Å². The molecule has 0 fully saturated rings. The fraction of sp³-hybridized carbons (Fsp3) is 0.0270. The highest BCUT2D eigenvalue weighted by Crippen LogP contribution is 2.52. The molecule has 0 N–H and O–H groups in total. The molecule has 6 aromatic rings. The molecule has 2 unspecified atom stereocenters. The van der Waals surface area contributed by atoms with Gasteiger partial charge in [-0.05, 0) is 69.8 Å². The molecule has 0 radical (unpaired) electrons. The predicted octanol–water partition coefficient (Wildman–Crippen LogP) is 11.9. The zero-order chi connectivity index (χ0) is 31.4. The van der Waals surface area contributed by atoms with Gasteiger partial charge >= 0.3 is 8.45 Å². The van der Waals surface area contributed by atoms with Crippen LogP contribution in [0.1, 0.15) is 0 Å². The second kappa shape index (κ2) is 16.2. The van der Waals surface area contributed by atoms with E-state index in [1.165, 1.54) is 0 Å². The maximum absolute atomic E-state index is 6.38. The Hall–Kier alpha value is -4.40. The zero-order valence-electron chi connectivity index (χ0n) is 25.0. The summed E-state index contributed by atoms with van der Waals surface area (Å²) in [5.41, 5.74) is 6.77. The van der Waals surface area contributed by atoms with Crippen LogP contribution in [0.25, 0.3) is 33.4 Å². The Kier molecular flexibility index (Phi) is 11.2. The van der Waals surface area contributed by atoms with E-state index in [4.69, 9.17) is 22.9 Å². The van der Waals surface area contributed by atoms with E-state index in [1.807, 2.05) is 127 Å². The Labute approximate surface area is 274 Å². The molecule has 6 aromatic carbocycles. The summed E-state index contributed by atoms with van der Waals surface area (Å²) in [6.07, 6.45) is 0. The molecule has 9 heteroatoms. The van der Waals surface area contributed by atoms with E-state index in [-0.39, 0.29) is 8.96 Å². The number of benzene rings is 6. The molecule has 0 aliphatic heterocycles. The summed E-state index contributed by atoms with van der Waals surface area (Å²) in [7, 11) is 0.0927. The average molecular weight is 661 g/mol. The summed E-state index contributed by atoms with van der Waals surface area (Å²) in [5.74, 6) is 2.08. The molecular weight excluding hydrogens is 629 g/mol. The van der Waals surface area contributed by atoms with Gasteiger partial charge in [-0.1, -0.05) is 132 Å². The first-order valence-electron chi connectivity index (χ1n) is 14.5. The van der Waals surface area contributed by atoms with Gasteiger partial charge in [0.2, 0.25) is 0 Å².